The van der Waals surface area contributed by atoms with E-state index in [9.17, 15) is 9.90 Å². The van der Waals surface area contributed by atoms with E-state index < -0.39 is 11.5 Å². The molecule has 1 aliphatic carbocycles. The Labute approximate surface area is 135 Å². The topological polar surface area (TPSA) is 63.3 Å². The van der Waals surface area contributed by atoms with E-state index in [0.29, 0.717) is 36.9 Å². The Morgan fingerprint density at radius 3 is 2.57 bits per heavy atom. The molecule has 3 N–H and O–H groups in total. The molecule has 116 valence electrons. The molecule has 1 aromatic carbocycles. The highest BCUT2D eigenvalue weighted by molar-refractivity contribution is 6.18. The maximum Gasteiger partial charge on any atom is 0.324 e. The zero-order valence-electron chi connectivity index (χ0n) is 11.9. The van der Waals surface area contributed by atoms with Crippen LogP contribution in [0, 0.1) is 0 Å². The molecule has 1 aromatic rings. The van der Waals surface area contributed by atoms with Crippen LogP contribution < -0.4 is 5.73 Å². The maximum absolute atomic E-state index is 11.3. The predicted molar refractivity (Wildman–Crippen MR) is 86.4 cm³/mol. The second kappa shape index (κ2) is 6.99. The van der Waals surface area contributed by atoms with Gasteiger partial charge in [0, 0.05) is 18.2 Å². The molecule has 21 heavy (non-hydrogen) atoms. The fourth-order valence-electron chi connectivity index (χ4n) is 3.19. The quantitative estimate of drug-likeness (QED) is 0.787. The summed E-state index contributed by atoms with van der Waals surface area (Å²) in [4.78, 5) is 11.3. The number of aliphatic carboxylic acids is 1. The number of benzene rings is 1. The first kappa shape index (κ1) is 16.6. The van der Waals surface area contributed by atoms with Crippen LogP contribution in [0.4, 0.5) is 0 Å². The molecular formula is C16H21Cl2NO2. The third kappa shape index (κ3) is 3.53. The highest BCUT2D eigenvalue weighted by Crippen LogP contribution is 2.35. The van der Waals surface area contributed by atoms with E-state index in [0.717, 1.165) is 18.4 Å². The Kier molecular flexibility index (Phi) is 5.53. The van der Waals surface area contributed by atoms with Crippen molar-refractivity contribution in [3.05, 3.63) is 34.9 Å². The summed E-state index contributed by atoms with van der Waals surface area (Å²) >= 11 is 11.8. The summed E-state index contributed by atoms with van der Waals surface area (Å²) in [5.74, 6) is 0.615. The van der Waals surface area contributed by atoms with E-state index in [1.165, 1.54) is 11.1 Å². The minimum absolute atomic E-state index is 0.338. The molecular weight excluding hydrogens is 309 g/mol. The van der Waals surface area contributed by atoms with Crippen molar-refractivity contribution in [2.24, 2.45) is 5.73 Å². The standard InChI is InChI=1S/C16H21Cl2NO2/c17-8-5-11(6-9-18)13-3-1-2-12-10-16(19,15(20)21)7-4-14(12)13/h1-3,11H,4-10,19H2,(H,20,21). The second-order valence-electron chi connectivity index (χ2n) is 5.78. The summed E-state index contributed by atoms with van der Waals surface area (Å²) in [5.41, 5.74) is 8.45. The molecule has 0 saturated heterocycles. The first-order valence-electron chi connectivity index (χ1n) is 7.26. The zero-order chi connectivity index (χ0) is 15.5. The van der Waals surface area contributed by atoms with Crippen LogP contribution in [-0.2, 0) is 17.6 Å². The zero-order valence-corrected chi connectivity index (χ0v) is 13.5. The number of carboxylic acid groups (broad SMARTS) is 1. The number of carboxylic acids is 1. The van der Waals surface area contributed by atoms with E-state index in [1.807, 2.05) is 12.1 Å². The van der Waals surface area contributed by atoms with Gasteiger partial charge in [0.25, 0.3) is 0 Å². The second-order valence-corrected chi connectivity index (χ2v) is 6.53. The van der Waals surface area contributed by atoms with E-state index in [-0.39, 0.29) is 0 Å². The first-order valence-corrected chi connectivity index (χ1v) is 8.33. The molecule has 2 rings (SSSR count). The Hall–Kier alpha value is -0.770. The number of rotatable bonds is 6. The van der Waals surface area contributed by atoms with Crippen molar-refractivity contribution >= 4 is 29.2 Å². The smallest absolute Gasteiger partial charge is 0.324 e. The third-order valence-electron chi connectivity index (χ3n) is 4.42. The fraction of sp³-hybridized carbons (Fsp3) is 0.562. The van der Waals surface area contributed by atoms with E-state index >= 15 is 0 Å². The molecule has 0 spiro atoms. The van der Waals surface area contributed by atoms with Crippen LogP contribution in [0.3, 0.4) is 0 Å². The predicted octanol–water partition coefficient (Wildman–Crippen LogP) is 3.30. The molecule has 0 saturated carbocycles. The van der Waals surface area contributed by atoms with Crippen molar-refractivity contribution in [1.82, 2.24) is 0 Å². The van der Waals surface area contributed by atoms with E-state index in [1.54, 1.807) is 0 Å². The minimum atomic E-state index is -1.14. The lowest BCUT2D eigenvalue weighted by Crippen LogP contribution is -2.52. The van der Waals surface area contributed by atoms with Gasteiger partial charge >= 0.3 is 5.97 Å². The molecule has 3 nitrogen and oxygen atoms in total. The van der Waals surface area contributed by atoms with Crippen molar-refractivity contribution in [1.29, 1.82) is 0 Å². The van der Waals surface area contributed by atoms with Gasteiger partial charge in [-0.15, -0.1) is 23.2 Å². The largest absolute Gasteiger partial charge is 0.480 e. The van der Waals surface area contributed by atoms with E-state index in [4.69, 9.17) is 28.9 Å². The van der Waals surface area contributed by atoms with Crippen LogP contribution in [0.1, 0.15) is 41.9 Å². The SMILES string of the molecule is NC1(C(=O)O)CCc2c(cccc2C(CCCl)CCCl)C1. The highest BCUT2D eigenvalue weighted by atomic mass is 35.5. The van der Waals surface area contributed by atoms with E-state index in [2.05, 4.69) is 6.07 Å². The third-order valence-corrected chi connectivity index (χ3v) is 4.85. The van der Waals surface area contributed by atoms with Gasteiger partial charge in [-0.1, -0.05) is 18.2 Å². The van der Waals surface area contributed by atoms with Crippen LogP contribution in [0.25, 0.3) is 0 Å². The van der Waals surface area contributed by atoms with Crippen molar-refractivity contribution in [2.75, 3.05) is 11.8 Å². The van der Waals surface area contributed by atoms with Crippen molar-refractivity contribution < 1.29 is 9.90 Å². The molecule has 1 aliphatic rings. The first-order chi connectivity index (χ1) is 10.0. The Bertz CT molecular complexity index is 515. The summed E-state index contributed by atoms with van der Waals surface area (Å²) in [6.07, 6.45) is 3.34. The Balaban J connectivity index is 2.34. The molecule has 0 fully saturated rings. The Morgan fingerprint density at radius 1 is 1.33 bits per heavy atom. The van der Waals surface area contributed by atoms with Crippen LogP contribution in [-0.4, -0.2) is 28.4 Å². The number of halogens is 2. The number of alkyl halides is 2. The van der Waals surface area contributed by atoms with Gasteiger partial charge in [0.15, 0.2) is 0 Å². The van der Waals surface area contributed by atoms with Gasteiger partial charge in [-0.2, -0.15) is 0 Å². The Morgan fingerprint density at radius 2 is 2.00 bits per heavy atom. The summed E-state index contributed by atoms with van der Waals surface area (Å²) in [6.45, 7) is 0. The van der Waals surface area contributed by atoms with Gasteiger partial charge in [0.05, 0.1) is 0 Å². The fourth-order valence-corrected chi connectivity index (χ4v) is 3.71. The molecule has 1 atom stereocenters. The summed E-state index contributed by atoms with van der Waals surface area (Å²) in [6, 6.07) is 6.09. The lowest BCUT2D eigenvalue weighted by Gasteiger charge is -2.33. The number of hydrogen-bond acceptors (Lipinski definition) is 2. The maximum atomic E-state index is 11.3. The van der Waals surface area contributed by atoms with Gasteiger partial charge in [0.1, 0.15) is 5.54 Å². The van der Waals surface area contributed by atoms with Crippen molar-refractivity contribution in [3.63, 3.8) is 0 Å². The lowest BCUT2D eigenvalue weighted by molar-refractivity contribution is -0.143. The summed E-state index contributed by atoms with van der Waals surface area (Å²) < 4.78 is 0. The number of nitrogens with two attached hydrogens (primary N) is 1. The molecule has 0 bridgehead atoms. The van der Waals surface area contributed by atoms with Gasteiger partial charge in [0.2, 0.25) is 0 Å². The van der Waals surface area contributed by atoms with Gasteiger partial charge in [-0.05, 0) is 48.3 Å². The molecule has 0 aromatic heterocycles. The normalized spacial score (nSPS) is 21.3. The monoisotopic (exact) mass is 329 g/mol. The van der Waals surface area contributed by atoms with Crippen LogP contribution in [0.5, 0.6) is 0 Å². The molecule has 0 aliphatic heterocycles. The summed E-state index contributed by atoms with van der Waals surface area (Å²) in [5, 5.41) is 9.31. The van der Waals surface area contributed by atoms with Gasteiger partial charge in [-0.3, -0.25) is 4.79 Å². The summed E-state index contributed by atoms with van der Waals surface area (Å²) in [7, 11) is 0. The highest BCUT2D eigenvalue weighted by Gasteiger charge is 2.38. The van der Waals surface area contributed by atoms with Crippen molar-refractivity contribution in [3.8, 4) is 0 Å². The average Bonchev–Trinajstić information content (AvgIpc) is 2.46. The molecule has 0 heterocycles. The number of fused-ring (bicyclic) bond motifs is 1. The molecule has 0 radical (unpaired) electrons. The van der Waals surface area contributed by atoms with Crippen LogP contribution >= 0.6 is 23.2 Å². The van der Waals surface area contributed by atoms with Crippen LogP contribution in [0.2, 0.25) is 0 Å². The lowest BCUT2D eigenvalue weighted by atomic mass is 9.75. The van der Waals surface area contributed by atoms with Crippen molar-refractivity contribution in [2.45, 2.75) is 43.6 Å². The number of carbonyl (C=O) groups is 1. The minimum Gasteiger partial charge on any atom is -0.480 e. The van der Waals surface area contributed by atoms with Gasteiger partial charge in [-0.25, -0.2) is 0 Å². The average molecular weight is 330 g/mol. The molecule has 0 amide bonds. The molecule has 1 unspecified atom stereocenters. The number of hydrogen-bond donors (Lipinski definition) is 2. The van der Waals surface area contributed by atoms with Gasteiger partial charge < -0.3 is 10.8 Å². The molecule has 5 heteroatoms. The van der Waals surface area contributed by atoms with Crippen LogP contribution in [0.15, 0.2) is 18.2 Å².